The van der Waals surface area contributed by atoms with Gasteiger partial charge in [-0.2, -0.15) is 5.26 Å². The highest BCUT2D eigenvalue weighted by Gasteiger charge is 2.30. The normalized spacial score (nSPS) is 23.7. The number of nitrogens with zero attached hydrogens (tertiary/aromatic N) is 3. The van der Waals surface area contributed by atoms with Gasteiger partial charge >= 0.3 is 12.0 Å². The molecule has 1 unspecified atom stereocenters. The molecule has 2 rings (SSSR count). The van der Waals surface area contributed by atoms with E-state index in [4.69, 9.17) is 19.8 Å². The number of urea groups is 1. The number of amides is 2. The minimum atomic E-state index is -0.982. The Morgan fingerprint density at radius 1 is 1.29 bits per heavy atom. The second-order valence-electron chi connectivity index (χ2n) is 5.11. The van der Waals surface area contributed by atoms with Gasteiger partial charge in [0, 0.05) is 19.6 Å². The Morgan fingerprint density at radius 3 is 2.62 bits per heavy atom. The van der Waals surface area contributed by atoms with E-state index in [9.17, 15) is 9.59 Å². The summed E-state index contributed by atoms with van der Waals surface area (Å²) in [5, 5.41) is 17.4. The van der Waals surface area contributed by atoms with Crippen LogP contribution in [0, 0.1) is 11.3 Å². The molecular formula is C13H19N3O5. The fourth-order valence-corrected chi connectivity index (χ4v) is 2.50. The van der Waals surface area contributed by atoms with Gasteiger partial charge in [-0.25, -0.2) is 9.59 Å². The molecule has 0 aromatic rings. The molecule has 0 aromatic carbocycles. The number of nitriles is 1. The number of hydrogen-bond acceptors (Lipinski definition) is 5. The number of carbonyl (C=O) groups is 2. The molecule has 2 fully saturated rings. The number of morpholine rings is 1. The molecule has 1 atom stereocenters. The largest absolute Gasteiger partial charge is 0.480 e. The number of carbonyl (C=O) groups excluding carboxylic acids is 1. The molecule has 8 heteroatoms. The SMILES string of the molecule is N#CC1CN(C(=O)N2CCC(OCC(=O)O)CC2)CCO1. The molecule has 0 saturated carbocycles. The molecule has 0 spiro atoms. The van der Waals surface area contributed by atoms with Gasteiger partial charge in [0.2, 0.25) is 0 Å². The summed E-state index contributed by atoms with van der Waals surface area (Å²) in [6, 6.07) is 1.93. The highest BCUT2D eigenvalue weighted by molar-refractivity contribution is 5.74. The van der Waals surface area contributed by atoms with Crippen molar-refractivity contribution in [2.24, 2.45) is 0 Å². The standard InChI is InChI=1S/C13H19N3O5/c14-7-11-8-16(5-6-20-11)13(19)15-3-1-10(2-4-15)21-9-12(17)18/h10-11H,1-6,8-9H2,(H,17,18). The number of aliphatic carboxylic acids is 1. The Balaban J connectivity index is 1.77. The zero-order valence-corrected chi connectivity index (χ0v) is 11.7. The van der Waals surface area contributed by atoms with Crippen LogP contribution in [0.4, 0.5) is 4.79 Å². The second-order valence-corrected chi connectivity index (χ2v) is 5.11. The maximum atomic E-state index is 12.3. The van der Waals surface area contributed by atoms with Crippen molar-refractivity contribution in [1.29, 1.82) is 5.26 Å². The summed E-state index contributed by atoms with van der Waals surface area (Å²) in [4.78, 5) is 26.1. The average molecular weight is 297 g/mol. The van der Waals surface area contributed by atoms with E-state index in [1.807, 2.05) is 6.07 Å². The van der Waals surface area contributed by atoms with Gasteiger partial charge in [0.15, 0.2) is 6.10 Å². The molecule has 2 amide bonds. The van der Waals surface area contributed by atoms with E-state index in [1.165, 1.54) is 0 Å². The quantitative estimate of drug-likeness (QED) is 0.780. The van der Waals surface area contributed by atoms with Crippen molar-refractivity contribution in [3.8, 4) is 6.07 Å². The molecule has 0 radical (unpaired) electrons. The molecule has 2 saturated heterocycles. The molecule has 0 bridgehead atoms. The Morgan fingerprint density at radius 2 is 2.00 bits per heavy atom. The Bertz CT molecular complexity index is 428. The number of carboxylic acids is 1. The summed E-state index contributed by atoms with van der Waals surface area (Å²) in [6.45, 7) is 1.95. The lowest BCUT2D eigenvalue weighted by Gasteiger charge is -2.37. The van der Waals surface area contributed by atoms with Crippen molar-refractivity contribution in [1.82, 2.24) is 9.80 Å². The zero-order valence-electron chi connectivity index (χ0n) is 11.7. The van der Waals surface area contributed by atoms with Gasteiger partial charge in [-0.15, -0.1) is 0 Å². The number of piperidine rings is 1. The molecule has 2 aliphatic rings. The third-order valence-electron chi connectivity index (χ3n) is 3.64. The number of ether oxygens (including phenoxy) is 2. The van der Waals surface area contributed by atoms with Crippen LogP contribution in [-0.4, -0.2) is 78.5 Å². The minimum Gasteiger partial charge on any atom is -0.480 e. The minimum absolute atomic E-state index is 0.0877. The van der Waals surface area contributed by atoms with Crippen molar-refractivity contribution in [2.75, 3.05) is 39.4 Å². The highest BCUT2D eigenvalue weighted by Crippen LogP contribution is 2.16. The van der Waals surface area contributed by atoms with E-state index in [0.717, 1.165) is 0 Å². The third-order valence-corrected chi connectivity index (χ3v) is 3.64. The molecular weight excluding hydrogens is 278 g/mol. The van der Waals surface area contributed by atoms with Crippen molar-refractivity contribution >= 4 is 12.0 Å². The summed E-state index contributed by atoms with van der Waals surface area (Å²) < 4.78 is 10.5. The van der Waals surface area contributed by atoms with Crippen LogP contribution in [0.2, 0.25) is 0 Å². The van der Waals surface area contributed by atoms with Gasteiger partial charge in [0.1, 0.15) is 6.61 Å². The number of rotatable bonds is 3. The topological polar surface area (TPSA) is 103 Å². The van der Waals surface area contributed by atoms with Crippen LogP contribution in [-0.2, 0) is 14.3 Å². The molecule has 116 valence electrons. The predicted molar refractivity (Wildman–Crippen MR) is 70.5 cm³/mol. The van der Waals surface area contributed by atoms with Gasteiger partial charge in [-0.1, -0.05) is 0 Å². The lowest BCUT2D eigenvalue weighted by Crippen LogP contribution is -2.53. The molecule has 8 nitrogen and oxygen atoms in total. The van der Waals surface area contributed by atoms with E-state index < -0.39 is 12.1 Å². The van der Waals surface area contributed by atoms with Gasteiger partial charge < -0.3 is 24.4 Å². The van der Waals surface area contributed by atoms with Gasteiger partial charge in [0.05, 0.1) is 25.3 Å². The molecule has 21 heavy (non-hydrogen) atoms. The van der Waals surface area contributed by atoms with Gasteiger partial charge in [-0.3, -0.25) is 0 Å². The van der Waals surface area contributed by atoms with Crippen LogP contribution in [0.1, 0.15) is 12.8 Å². The van der Waals surface area contributed by atoms with Crippen molar-refractivity contribution in [3.05, 3.63) is 0 Å². The first kappa shape index (κ1) is 15.5. The summed E-state index contributed by atoms with van der Waals surface area (Å²) in [7, 11) is 0. The fourth-order valence-electron chi connectivity index (χ4n) is 2.50. The average Bonchev–Trinajstić information content (AvgIpc) is 2.52. The van der Waals surface area contributed by atoms with Crippen molar-refractivity contribution in [3.63, 3.8) is 0 Å². The van der Waals surface area contributed by atoms with Crippen LogP contribution >= 0.6 is 0 Å². The maximum absolute atomic E-state index is 12.3. The first-order chi connectivity index (χ1) is 10.1. The number of likely N-dealkylation sites (tertiary alicyclic amines) is 1. The highest BCUT2D eigenvalue weighted by atomic mass is 16.5. The van der Waals surface area contributed by atoms with E-state index in [2.05, 4.69) is 0 Å². The smallest absolute Gasteiger partial charge is 0.329 e. The van der Waals surface area contributed by atoms with Gasteiger partial charge in [-0.05, 0) is 12.8 Å². The van der Waals surface area contributed by atoms with E-state index in [-0.39, 0.29) is 18.7 Å². The Labute approximate surface area is 122 Å². The summed E-state index contributed by atoms with van der Waals surface area (Å²) >= 11 is 0. The van der Waals surface area contributed by atoms with Crippen LogP contribution in [0.15, 0.2) is 0 Å². The predicted octanol–water partition coefficient (Wildman–Crippen LogP) is -0.104. The Hall–Kier alpha value is -1.85. The summed E-state index contributed by atoms with van der Waals surface area (Å²) in [5.74, 6) is -0.982. The first-order valence-electron chi connectivity index (χ1n) is 6.98. The molecule has 2 aliphatic heterocycles. The first-order valence-corrected chi connectivity index (χ1v) is 6.98. The monoisotopic (exact) mass is 297 g/mol. The molecule has 2 heterocycles. The fraction of sp³-hybridized carbons (Fsp3) is 0.769. The van der Waals surface area contributed by atoms with E-state index >= 15 is 0 Å². The molecule has 0 aromatic heterocycles. The van der Waals surface area contributed by atoms with Crippen LogP contribution in [0.5, 0.6) is 0 Å². The van der Waals surface area contributed by atoms with Crippen LogP contribution in [0.25, 0.3) is 0 Å². The lowest BCUT2D eigenvalue weighted by atomic mass is 10.1. The summed E-state index contributed by atoms with van der Waals surface area (Å²) in [5.41, 5.74) is 0. The number of hydrogen-bond donors (Lipinski definition) is 1. The molecule has 1 N–H and O–H groups in total. The summed E-state index contributed by atoms with van der Waals surface area (Å²) in [6.07, 6.45) is 0.594. The Kier molecular flexibility index (Phi) is 5.36. The van der Waals surface area contributed by atoms with Crippen LogP contribution in [0.3, 0.4) is 0 Å². The van der Waals surface area contributed by atoms with Crippen molar-refractivity contribution in [2.45, 2.75) is 25.0 Å². The lowest BCUT2D eigenvalue weighted by molar-refractivity contribution is -0.145. The molecule has 0 aliphatic carbocycles. The zero-order chi connectivity index (χ0) is 15.2. The second kappa shape index (κ2) is 7.24. The van der Waals surface area contributed by atoms with Crippen molar-refractivity contribution < 1.29 is 24.2 Å². The third kappa shape index (κ3) is 4.31. The van der Waals surface area contributed by atoms with E-state index in [1.54, 1.807) is 9.80 Å². The van der Waals surface area contributed by atoms with Crippen LogP contribution < -0.4 is 0 Å². The maximum Gasteiger partial charge on any atom is 0.329 e. The van der Waals surface area contributed by atoms with Gasteiger partial charge in [0.25, 0.3) is 0 Å². The number of carboxylic acid groups (broad SMARTS) is 1. The van der Waals surface area contributed by atoms with E-state index in [0.29, 0.717) is 45.6 Å².